The number of carboxylic acids is 1. The highest BCUT2D eigenvalue weighted by molar-refractivity contribution is 7.91. The zero-order chi connectivity index (χ0) is 15.1. The van der Waals surface area contributed by atoms with Crippen molar-refractivity contribution in [1.82, 2.24) is 5.32 Å². The third kappa shape index (κ3) is 3.22. The van der Waals surface area contributed by atoms with Gasteiger partial charge < -0.3 is 5.11 Å². The molecule has 0 bridgehead atoms. The van der Waals surface area contributed by atoms with Crippen LogP contribution in [0.4, 0.5) is 4.39 Å². The van der Waals surface area contributed by atoms with Gasteiger partial charge in [0.25, 0.3) is 0 Å². The predicted octanol–water partition coefficient (Wildman–Crippen LogP) is 1.64. The van der Waals surface area contributed by atoms with Crippen LogP contribution in [0.25, 0.3) is 0 Å². The van der Waals surface area contributed by atoms with Crippen molar-refractivity contribution in [1.29, 1.82) is 0 Å². The van der Waals surface area contributed by atoms with Gasteiger partial charge in [-0.15, -0.1) is 0 Å². The molecule has 0 amide bonds. The van der Waals surface area contributed by atoms with E-state index in [0.29, 0.717) is 0 Å². The highest BCUT2D eigenvalue weighted by Gasteiger charge is 2.36. The molecule has 2 atom stereocenters. The Morgan fingerprint density at radius 3 is 2.55 bits per heavy atom. The molecule has 0 saturated carbocycles. The topological polar surface area (TPSA) is 83.5 Å². The molecule has 110 valence electrons. The van der Waals surface area contributed by atoms with Crippen LogP contribution < -0.4 is 5.32 Å². The summed E-state index contributed by atoms with van der Waals surface area (Å²) in [5.41, 5.74) is 0.170. The van der Waals surface area contributed by atoms with Gasteiger partial charge in [0, 0.05) is 11.1 Å². The van der Waals surface area contributed by atoms with E-state index in [0.717, 1.165) is 12.1 Å². The second-order valence-corrected chi connectivity index (χ2v) is 7.44. The molecule has 1 aromatic rings. The Kier molecular flexibility index (Phi) is 4.24. The van der Waals surface area contributed by atoms with Gasteiger partial charge in [-0.1, -0.05) is 23.2 Å². The highest BCUT2D eigenvalue weighted by Crippen LogP contribution is 2.31. The van der Waals surface area contributed by atoms with Crippen molar-refractivity contribution in [2.45, 2.75) is 12.1 Å². The molecule has 1 heterocycles. The standard InChI is InChI=1S/C11H10Cl2FNO4S/c12-6-2-7(13)8(14)1-5(6)9-3-20(18,19)4-10(15-9)11(16)17/h1-2,9-10,15H,3-4H2,(H,16,17). The van der Waals surface area contributed by atoms with E-state index >= 15 is 0 Å². The molecule has 1 fully saturated rings. The number of hydrogen-bond acceptors (Lipinski definition) is 4. The molecule has 2 N–H and O–H groups in total. The number of benzene rings is 1. The van der Waals surface area contributed by atoms with Crippen LogP contribution in [0.2, 0.25) is 10.0 Å². The van der Waals surface area contributed by atoms with Gasteiger partial charge in [-0.25, -0.2) is 12.8 Å². The Morgan fingerprint density at radius 1 is 1.30 bits per heavy atom. The monoisotopic (exact) mass is 341 g/mol. The molecule has 5 nitrogen and oxygen atoms in total. The second kappa shape index (κ2) is 5.48. The second-order valence-electron chi connectivity index (χ2n) is 4.47. The lowest BCUT2D eigenvalue weighted by Gasteiger charge is -2.29. The van der Waals surface area contributed by atoms with Crippen molar-refractivity contribution in [3.8, 4) is 0 Å². The number of hydrogen-bond donors (Lipinski definition) is 2. The van der Waals surface area contributed by atoms with Crippen LogP contribution >= 0.6 is 23.2 Å². The molecule has 0 spiro atoms. The quantitative estimate of drug-likeness (QED) is 0.799. The summed E-state index contributed by atoms with van der Waals surface area (Å²) in [7, 11) is -3.57. The zero-order valence-corrected chi connectivity index (χ0v) is 12.3. The average molecular weight is 342 g/mol. The van der Waals surface area contributed by atoms with Crippen LogP contribution in [-0.2, 0) is 14.6 Å². The van der Waals surface area contributed by atoms with Crippen LogP contribution in [0.1, 0.15) is 11.6 Å². The molecule has 1 aromatic carbocycles. The maximum Gasteiger partial charge on any atom is 0.321 e. The number of halogens is 3. The summed E-state index contributed by atoms with van der Waals surface area (Å²) in [6, 6.07) is 0.0248. The van der Waals surface area contributed by atoms with Crippen LogP contribution in [0.5, 0.6) is 0 Å². The van der Waals surface area contributed by atoms with Gasteiger partial charge in [0.2, 0.25) is 0 Å². The number of nitrogens with one attached hydrogen (secondary N) is 1. The lowest BCUT2D eigenvalue weighted by molar-refractivity contribution is -0.139. The summed E-state index contributed by atoms with van der Waals surface area (Å²) in [6.45, 7) is 0. The Bertz CT molecular complexity index is 665. The molecule has 0 aromatic heterocycles. The summed E-state index contributed by atoms with van der Waals surface area (Å²) in [6.07, 6.45) is 0. The van der Waals surface area contributed by atoms with Crippen molar-refractivity contribution in [2.24, 2.45) is 0 Å². The number of aliphatic carboxylic acids is 1. The van der Waals surface area contributed by atoms with E-state index in [9.17, 15) is 17.6 Å². The summed E-state index contributed by atoms with van der Waals surface area (Å²) >= 11 is 11.5. The molecule has 1 aliphatic heterocycles. The summed E-state index contributed by atoms with van der Waals surface area (Å²) in [5.74, 6) is -2.89. The van der Waals surface area contributed by atoms with Crippen LogP contribution in [0, 0.1) is 5.82 Å². The van der Waals surface area contributed by atoms with Gasteiger partial charge in [0.15, 0.2) is 9.84 Å². The largest absolute Gasteiger partial charge is 0.480 e. The molecule has 20 heavy (non-hydrogen) atoms. The maximum atomic E-state index is 13.5. The minimum Gasteiger partial charge on any atom is -0.480 e. The number of sulfone groups is 1. The predicted molar refractivity (Wildman–Crippen MR) is 72.4 cm³/mol. The van der Waals surface area contributed by atoms with E-state index in [1.54, 1.807) is 0 Å². The first-order chi connectivity index (χ1) is 9.19. The Balaban J connectivity index is 2.41. The maximum absolute atomic E-state index is 13.5. The average Bonchev–Trinajstić information content (AvgIpc) is 2.31. The van der Waals surface area contributed by atoms with Gasteiger partial charge in [0.1, 0.15) is 11.9 Å². The normalized spacial score (nSPS) is 25.4. The van der Waals surface area contributed by atoms with E-state index in [4.69, 9.17) is 28.3 Å². The third-order valence-corrected chi connectivity index (χ3v) is 5.26. The Labute approximate surface area is 124 Å². The molecule has 0 radical (unpaired) electrons. The first kappa shape index (κ1) is 15.5. The number of carboxylic acid groups (broad SMARTS) is 1. The van der Waals surface area contributed by atoms with Crippen molar-refractivity contribution in [3.63, 3.8) is 0 Å². The SMILES string of the molecule is O=C(O)C1CS(=O)(=O)CC(c2cc(F)c(Cl)cc2Cl)N1. The molecule has 0 aliphatic carbocycles. The van der Waals surface area contributed by atoms with Gasteiger partial charge in [-0.05, 0) is 17.7 Å². The van der Waals surface area contributed by atoms with Crippen LogP contribution in [-0.4, -0.2) is 37.0 Å². The third-order valence-electron chi connectivity index (χ3n) is 2.96. The van der Waals surface area contributed by atoms with E-state index in [1.165, 1.54) is 0 Å². The lowest BCUT2D eigenvalue weighted by Crippen LogP contribution is -2.51. The van der Waals surface area contributed by atoms with Crippen molar-refractivity contribution in [2.75, 3.05) is 11.5 Å². The molecule has 1 saturated heterocycles. The molecule has 9 heteroatoms. The summed E-state index contributed by atoms with van der Waals surface area (Å²) < 4.78 is 37.0. The molecular weight excluding hydrogens is 332 g/mol. The first-order valence-electron chi connectivity index (χ1n) is 5.53. The molecule has 2 unspecified atom stereocenters. The zero-order valence-electron chi connectivity index (χ0n) is 9.94. The van der Waals surface area contributed by atoms with Gasteiger partial charge >= 0.3 is 5.97 Å². The summed E-state index contributed by atoms with van der Waals surface area (Å²) in [4.78, 5) is 11.0. The van der Waals surface area contributed by atoms with Crippen LogP contribution in [0.3, 0.4) is 0 Å². The van der Waals surface area contributed by atoms with Gasteiger partial charge in [-0.3, -0.25) is 10.1 Å². The number of carbonyl (C=O) groups is 1. The van der Waals surface area contributed by atoms with Gasteiger partial charge in [0.05, 0.1) is 16.5 Å². The minimum atomic E-state index is -3.57. The Hall–Kier alpha value is -0.890. The fraction of sp³-hybridized carbons (Fsp3) is 0.364. The summed E-state index contributed by atoms with van der Waals surface area (Å²) in [5, 5.41) is 11.5. The Morgan fingerprint density at radius 2 is 1.95 bits per heavy atom. The molecular formula is C11H10Cl2FNO4S. The van der Waals surface area contributed by atoms with Crippen molar-refractivity contribution in [3.05, 3.63) is 33.6 Å². The number of rotatable bonds is 2. The minimum absolute atomic E-state index is 0.0788. The fourth-order valence-electron chi connectivity index (χ4n) is 2.04. The molecule has 2 rings (SSSR count). The van der Waals surface area contributed by atoms with E-state index in [-0.39, 0.29) is 21.4 Å². The van der Waals surface area contributed by atoms with Crippen LogP contribution in [0.15, 0.2) is 12.1 Å². The molecule has 1 aliphatic rings. The fourth-order valence-corrected chi connectivity index (χ4v) is 4.22. The van der Waals surface area contributed by atoms with Gasteiger partial charge in [-0.2, -0.15) is 0 Å². The highest BCUT2D eigenvalue weighted by atomic mass is 35.5. The lowest BCUT2D eigenvalue weighted by atomic mass is 10.1. The van der Waals surface area contributed by atoms with E-state index in [1.807, 2.05) is 0 Å². The van der Waals surface area contributed by atoms with Crippen molar-refractivity contribution < 1.29 is 22.7 Å². The van der Waals surface area contributed by atoms with E-state index < -0.39 is 39.5 Å². The smallest absolute Gasteiger partial charge is 0.321 e. The first-order valence-corrected chi connectivity index (χ1v) is 8.11. The van der Waals surface area contributed by atoms with Crippen molar-refractivity contribution >= 4 is 39.0 Å². The van der Waals surface area contributed by atoms with E-state index in [2.05, 4.69) is 5.32 Å².